The van der Waals surface area contributed by atoms with Crippen LogP contribution >= 0.6 is 11.6 Å². The lowest BCUT2D eigenvalue weighted by atomic mass is 10.2. The van der Waals surface area contributed by atoms with Crippen LogP contribution in [0, 0.1) is 0 Å². The first-order valence-electron chi connectivity index (χ1n) is 6.46. The Bertz CT molecular complexity index is 550. The minimum absolute atomic E-state index is 0.0271. The van der Waals surface area contributed by atoms with Crippen LogP contribution in [0.5, 0.6) is 5.75 Å². The van der Waals surface area contributed by atoms with Gasteiger partial charge < -0.3 is 10.1 Å². The summed E-state index contributed by atoms with van der Waals surface area (Å²) < 4.78 is 28.9. The summed E-state index contributed by atoms with van der Waals surface area (Å²) in [5.41, 5.74) is 0.910. The Kier molecular flexibility index (Phi) is 5.86. The lowest BCUT2D eigenvalue weighted by Crippen LogP contribution is -2.32. The molecule has 0 aliphatic rings. The number of sulfone groups is 1. The maximum absolute atomic E-state index is 12.0. The van der Waals surface area contributed by atoms with Crippen LogP contribution in [0.4, 0.5) is 0 Å². The number of nitrogens with one attached hydrogen (secondary N) is 1. The molecular weight excluding hydrogens is 298 g/mol. The zero-order valence-corrected chi connectivity index (χ0v) is 13.9. The van der Waals surface area contributed by atoms with E-state index in [0.717, 1.165) is 5.56 Å². The van der Waals surface area contributed by atoms with E-state index in [0.29, 0.717) is 17.3 Å². The van der Waals surface area contributed by atoms with Crippen LogP contribution in [0.1, 0.15) is 26.3 Å². The molecule has 4 nitrogen and oxygen atoms in total. The van der Waals surface area contributed by atoms with Gasteiger partial charge in [0.25, 0.3) is 0 Å². The van der Waals surface area contributed by atoms with Gasteiger partial charge in [0.2, 0.25) is 0 Å². The normalized spacial score (nSPS) is 12.4. The molecule has 0 spiro atoms. The Hall–Kier alpha value is -0.780. The minimum Gasteiger partial charge on any atom is -0.491 e. The average molecular weight is 320 g/mol. The standard InChI is InChI=1S/C14H22ClNO3S/c1-14(2,3)20(17,18)9-8-19-13-11(10-16-4)6-5-7-12(13)15/h5-7,16H,8-10H2,1-4H3. The van der Waals surface area contributed by atoms with Gasteiger partial charge in [-0.15, -0.1) is 0 Å². The monoisotopic (exact) mass is 319 g/mol. The van der Waals surface area contributed by atoms with Crippen molar-refractivity contribution in [3.8, 4) is 5.75 Å². The van der Waals surface area contributed by atoms with Crippen molar-refractivity contribution in [1.29, 1.82) is 0 Å². The molecule has 0 fully saturated rings. The fourth-order valence-electron chi connectivity index (χ4n) is 1.60. The second kappa shape index (κ2) is 6.78. The molecule has 0 amide bonds. The van der Waals surface area contributed by atoms with Crippen molar-refractivity contribution in [3.63, 3.8) is 0 Å². The van der Waals surface area contributed by atoms with Crippen LogP contribution < -0.4 is 10.1 Å². The highest BCUT2D eigenvalue weighted by molar-refractivity contribution is 7.92. The molecule has 6 heteroatoms. The van der Waals surface area contributed by atoms with Gasteiger partial charge in [-0.25, -0.2) is 8.42 Å². The van der Waals surface area contributed by atoms with Crippen LogP contribution in [-0.4, -0.2) is 32.6 Å². The number of para-hydroxylation sites is 1. The molecule has 0 radical (unpaired) electrons. The fraction of sp³-hybridized carbons (Fsp3) is 0.571. The second-order valence-electron chi connectivity index (χ2n) is 5.54. The van der Waals surface area contributed by atoms with E-state index in [9.17, 15) is 8.42 Å². The van der Waals surface area contributed by atoms with E-state index in [4.69, 9.17) is 16.3 Å². The molecule has 0 aromatic heterocycles. The van der Waals surface area contributed by atoms with Crippen molar-refractivity contribution in [2.75, 3.05) is 19.4 Å². The molecule has 1 rings (SSSR count). The molecule has 0 aliphatic carbocycles. The zero-order valence-electron chi connectivity index (χ0n) is 12.4. The van der Waals surface area contributed by atoms with Crippen molar-refractivity contribution < 1.29 is 13.2 Å². The first kappa shape index (κ1) is 17.3. The molecule has 114 valence electrons. The van der Waals surface area contributed by atoms with Crippen LogP contribution in [0.3, 0.4) is 0 Å². The molecule has 0 saturated carbocycles. The van der Waals surface area contributed by atoms with E-state index >= 15 is 0 Å². The molecule has 0 heterocycles. The van der Waals surface area contributed by atoms with Gasteiger partial charge in [0.05, 0.1) is 15.5 Å². The van der Waals surface area contributed by atoms with Crippen LogP contribution in [0.25, 0.3) is 0 Å². The molecular formula is C14H22ClNO3S. The first-order valence-corrected chi connectivity index (χ1v) is 8.49. The Morgan fingerprint density at radius 2 is 1.95 bits per heavy atom. The topological polar surface area (TPSA) is 55.4 Å². The average Bonchev–Trinajstić information content (AvgIpc) is 2.31. The highest BCUT2D eigenvalue weighted by Gasteiger charge is 2.28. The van der Waals surface area contributed by atoms with E-state index in [1.807, 2.05) is 19.2 Å². The molecule has 0 bridgehead atoms. The van der Waals surface area contributed by atoms with Crippen molar-refractivity contribution in [3.05, 3.63) is 28.8 Å². The third-order valence-electron chi connectivity index (χ3n) is 2.95. The summed E-state index contributed by atoms with van der Waals surface area (Å²) in [5, 5.41) is 3.52. The van der Waals surface area contributed by atoms with Gasteiger partial charge in [0.15, 0.2) is 9.84 Å². The number of rotatable bonds is 6. The summed E-state index contributed by atoms with van der Waals surface area (Å²) in [4.78, 5) is 0. The fourth-order valence-corrected chi connectivity index (χ4v) is 2.77. The van der Waals surface area contributed by atoms with Gasteiger partial charge in [-0.3, -0.25) is 0 Å². The van der Waals surface area contributed by atoms with Crippen LogP contribution in [0.2, 0.25) is 5.02 Å². The summed E-state index contributed by atoms with van der Waals surface area (Å²) in [5.74, 6) is 0.522. The number of benzene rings is 1. The molecule has 20 heavy (non-hydrogen) atoms. The van der Waals surface area contributed by atoms with Gasteiger partial charge in [-0.05, 0) is 33.9 Å². The number of halogens is 1. The highest BCUT2D eigenvalue weighted by Crippen LogP contribution is 2.29. The van der Waals surface area contributed by atoms with Crippen LogP contribution in [-0.2, 0) is 16.4 Å². The van der Waals surface area contributed by atoms with Crippen molar-refractivity contribution in [2.45, 2.75) is 32.1 Å². The van der Waals surface area contributed by atoms with Gasteiger partial charge in [-0.1, -0.05) is 23.7 Å². The minimum atomic E-state index is -3.19. The Morgan fingerprint density at radius 3 is 2.50 bits per heavy atom. The van der Waals surface area contributed by atoms with Crippen molar-refractivity contribution >= 4 is 21.4 Å². The summed E-state index contributed by atoms with van der Waals surface area (Å²) in [6.45, 7) is 5.76. The molecule has 1 aromatic rings. The van der Waals surface area contributed by atoms with Crippen molar-refractivity contribution in [1.82, 2.24) is 5.32 Å². The van der Waals surface area contributed by atoms with Crippen molar-refractivity contribution in [2.24, 2.45) is 0 Å². The lowest BCUT2D eigenvalue weighted by Gasteiger charge is -2.20. The number of ether oxygens (including phenoxy) is 1. The smallest absolute Gasteiger partial charge is 0.158 e. The summed E-state index contributed by atoms with van der Waals surface area (Å²) in [6, 6.07) is 5.47. The van der Waals surface area contributed by atoms with Crippen LogP contribution in [0.15, 0.2) is 18.2 Å². The summed E-state index contributed by atoms with van der Waals surface area (Å²) in [7, 11) is -1.36. The highest BCUT2D eigenvalue weighted by atomic mass is 35.5. The quantitative estimate of drug-likeness (QED) is 0.876. The Balaban J connectivity index is 2.77. The van der Waals surface area contributed by atoms with Gasteiger partial charge in [0, 0.05) is 12.1 Å². The first-order chi connectivity index (χ1) is 9.19. The summed E-state index contributed by atoms with van der Waals surface area (Å²) in [6.07, 6.45) is 0. The Labute approximate surface area is 126 Å². The SMILES string of the molecule is CNCc1cccc(Cl)c1OCCS(=O)(=O)C(C)(C)C. The maximum atomic E-state index is 12.0. The summed E-state index contributed by atoms with van der Waals surface area (Å²) >= 11 is 6.10. The molecule has 0 atom stereocenters. The molecule has 1 aromatic carbocycles. The maximum Gasteiger partial charge on any atom is 0.158 e. The van der Waals surface area contributed by atoms with E-state index in [1.165, 1.54) is 0 Å². The van der Waals surface area contributed by atoms with E-state index in [-0.39, 0.29) is 12.4 Å². The third kappa shape index (κ3) is 4.36. The van der Waals surface area contributed by atoms with E-state index in [2.05, 4.69) is 5.32 Å². The third-order valence-corrected chi connectivity index (χ3v) is 5.82. The van der Waals surface area contributed by atoms with E-state index in [1.54, 1.807) is 26.8 Å². The number of hydrogen-bond donors (Lipinski definition) is 1. The predicted octanol–water partition coefficient (Wildman–Crippen LogP) is 2.65. The Morgan fingerprint density at radius 1 is 1.30 bits per heavy atom. The molecule has 0 aliphatic heterocycles. The molecule has 0 saturated heterocycles. The predicted molar refractivity (Wildman–Crippen MR) is 83.3 cm³/mol. The lowest BCUT2D eigenvalue weighted by molar-refractivity contribution is 0.335. The zero-order chi connectivity index (χ0) is 15.4. The molecule has 0 unspecified atom stereocenters. The molecule has 1 N–H and O–H groups in total. The largest absolute Gasteiger partial charge is 0.491 e. The van der Waals surface area contributed by atoms with E-state index < -0.39 is 14.6 Å². The van der Waals surface area contributed by atoms with Gasteiger partial charge in [0.1, 0.15) is 12.4 Å². The van der Waals surface area contributed by atoms with Gasteiger partial charge >= 0.3 is 0 Å². The van der Waals surface area contributed by atoms with Gasteiger partial charge in [-0.2, -0.15) is 0 Å². The number of hydrogen-bond acceptors (Lipinski definition) is 4. The second-order valence-corrected chi connectivity index (χ2v) is 8.81.